The van der Waals surface area contributed by atoms with Crippen LogP contribution in [0.3, 0.4) is 0 Å². The van der Waals surface area contributed by atoms with Crippen LogP contribution >= 0.6 is 0 Å². The van der Waals surface area contributed by atoms with E-state index in [0.29, 0.717) is 18.8 Å². The van der Waals surface area contributed by atoms with Crippen molar-refractivity contribution >= 4 is 11.6 Å². The molecule has 1 aliphatic heterocycles. The minimum absolute atomic E-state index is 0.0336. The monoisotopic (exact) mass is 298 g/mol. The Morgan fingerprint density at radius 2 is 2.00 bits per heavy atom. The zero-order chi connectivity index (χ0) is 15.7. The third kappa shape index (κ3) is 2.64. The van der Waals surface area contributed by atoms with Crippen LogP contribution in [0.15, 0.2) is 18.2 Å². The van der Waals surface area contributed by atoms with Crippen LogP contribution in [0.1, 0.15) is 39.8 Å². The van der Waals surface area contributed by atoms with Gasteiger partial charge in [-0.15, -0.1) is 0 Å². The Hall–Kier alpha value is -2.14. The highest BCUT2D eigenvalue weighted by molar-refractivity contribution is 6.06. The molecule has 0 atom stereocenters. The van der Waals surface area contributed by atoms with Crippen molar-refractivity contribution < 1.29 is 4.79 Å². The predicted octanol–water partition coefficient (Wildman–Crippen LogP) is 2.34. The Morgan fingerprint density at radius 1 is 1.27 bits per heavy atom. The van der Waals surface area contributed by atoms with Crippen LogP contribution in [0, 0.1) is 13.8 Å². The van der Waals surface area contributed by atoms with Crippen molar-refractivity contribution in [1.82, 2.24) is 15.5 Å². The fourth-order valence-electron chi connectivity index (χ4n) is 3.08. The van der Waals surface area contributed by atoms with E-state index in [-0.39, 0.29) is 5.91 Å². The molecule has 2 aromatic rings. The van der Waals surface area contributed by atoms with E-state index in [1.165, 1.54) is 0 Å². The smallest absolute Gasteiger partial charge is 0.279 e. The molecule has 5 heteroatoms. The van der Waals surface area contributed by atoms with Gasteiger partial charge in [0, 0.05) is 43.0 Å². The van der Waals surface area contributed by atoms with Gasteiger partial charge >= 0.3 is 0 Å². The van der Waals surface area contributed by atoms with Crippen LogP contribution in [-0.4, -0.2) is 29.2 Å². The molecule has 2 N–H and O–H groups in total. The predicted molar refractivity (Wildman–Crippen MR) is 87.3 cm³/mol. The number of nitrogens with zero attached hydrogens (tertiary/aromatic N) is 2. The molecule has 1 aromatic carbocycles. The van der Waals surface area contributed by atoms with E-state index in [2.05, 4.69) is 35.4 Å². The van der Waals surface area contributed by atoms with Gasteiger partial charge in [0.15, 0.2) is 5.69 Å². The van der Waals surface area contributed by atoms with Gasteiger partial charge in [0.1, 0.15) is 0 Å². The minimum atomic E-state index is -0.0336. The fraction of sp³-hybridized carbons (Fsp3) is 0.412. The summed E-state index contributed by atoms with van der Waals surface area (Å²) < 4.78 is 0. The molecule has 116 valence electrons. The molecule has 3 rings (SSSR count). The van der Waals surface area contributed by atoms with Crippen molar-refractivity contribution in [2.75, 3.05) is 18.0 Å². The third-order valence-corrected chi connectivity index (χ3v) is 4.09. The van der Waals surface area contributed by atoms with Crippen molar-refractivity contribution in [3.63, 3.8) is 0 Å². The number of amides is 1. The maximum atomic E-state index is 12.9. The van der Waals surface area contributed by atoms with Crippen molar-refractivity contribution in [2.45, 2.75) is 33.7 Å². The Labute approximate surface area is 130 Å². The number of fused-ring (bicyclic) bond motifs is 1. The standard InChI is InChI=1S/C17H22N4O/c1-4-21(13-8-11(2)7-12(3)9-13)17(22)16-14-10-18-6-5-15(14)19-20-16/h7-9,18H,4-6,10H2,1-3H3,(H,19,20). The van der Waals surface area contributed by atoms with E-state index >= 15 is 0 Å². The van der Waals surface area contributed by atoms with Crippen LogP contribution in [0.5, 0.6) is 0 Å². The second kappa shape index (κ2) is 5.93. The van der Waals surface area contributed by atoms with Gasteiger partial charge in [-0.05, 0) is 44.0 Å². The van der Waals surface area contributed by atoms with Crippen molar-refractivity contribution in [1.29, 1.82) is 0 Å². The number of carbonyl (C=O) groups excluding carboxylic acids is 1. The number of anilines is 1. The van der Waals surface area contributed by atoms with Crippen molar-refractivity contribution in [3.05, 3.63) is 46.3 Å². The van der Waals surface area contributed by atoms with Crippen molar-refractivity contribution in [3.8, 4) is 0 Å². The van der Waals surface area contributed by atoms with E-state index in [1.54, 1.807) is 4.90 Å². The lowest BCUT2D eigenvalue weighted by Crippen LogP contribution is -2.33. The summed E-state index contributed by atoms with van der Waals surface area (Å²) in [5, 5.41) is 10.6. The number of nitrogens with one attached hydrogen (secondary N) is 2. The first-order chi connectivity index (χ1) is 10.6. The normalized spacial score (nSPS) is 13.8. The van der Waals surface area contributed by atoms with Crippen molar-refractivity contribution in [2.24, 2.45) is 0 Å². The molecule has 22 heavy (non-hydrogen) atoms. The number of rotatable bonds is 3. The zero-order valence-electron chi connectivity index (χ0n) is 13.4. The Bertz CT molecular complexity index is 684. The SMILES string of the molecule is CCN(C(=O)c1n[nH]c2c1CNCC2)c1cc(C)cc(C)c1. The number of aromatic nitrogens is 2. The van der Waals surface area contributed by atoms with E-state index in [0.717, 1.165) is 41.0 Å². The first kappa shape index (κ1) is 14.8. The average molecular weight is 298 g/mol. The van der Waals surface area contributed by atoms with Gasteiger partial charge < -0.3 is 10.2 Å². The number of carbonyl (C=O) groups is 1. The van der Waals surface area contributed by atoms with Gasteiger partial charge in [-0.3, -0.25) is 9.89 Å². The Balaban J connectivity index is 1.96. The van der Waals surface area contributed by atoms with E-state index < -0.39 is 0 Å². The summed E-state index contributed by atoms with van der Waals surface area (Å²) in [5.74, 6) is -0.0336. The second-order valence-electron chi connectivity index (χ2n) is 5.85. The van der Waals surface area contributed by atoms with Gasteiger partial charge in [-0.25, -0.2) is 0 Å². The van der Waals surface area contributed by atoms with Gasteiger partial charge in [-0.2, -0.15) is 5.10 Å². The quantitative estimate of drug-likeness (QED) is 0.914. The number of aromatic amines is 1. The molecule has 0 saturated heterocycles. The van der Waals surface area contributed by atoms with Crippen LogP contribution < -0.4 is 10.2 Å². The Kier molecular flexibility index (Phi) is 3.98. The maximum Gasteiger partial charge on any atom is 0.279 e. The summed E-state index contributed by atoms with van der Waals surface area (Å²) >= 11 is 0. The van der Waals surface area contributed by atoms with Crippen LogP contribution in [-0.2, 0) is 13.0 Å². The highest BCUT2D eigenvalue weighted by Gasteiger charge is 2.25. The summed E-state index contributed by atoms with van der Waals surface area (Å²) in [6.07, 6.45) is 0.894. The topological polar surface area (TPSA) is 61.0 Å². The molecule has 5 nitrogen and oxygen atoms in total. The number of benzene rings is 1. The zero-order valence-corrected chi connectivity index (χ0v) is 13.4. The van der Waals surface area contributed by atoms with Crippen LogP contribution in [0.4, 0.5) is 5.69 Å². The molecule has 1 aromatic heterocycles. The summed E-state index contributed by atoms with van der Waals surface area (Å²) in [5.41, 5.74) is 5.89. The molecule has 0 unspecified atom stereocenters. The summed E-state index contributed by atoms with van der Waals surface area (Å²) in [6, 6.07) is 6.21. The summed E-state index contributed by atoms with van der Waals surface area (Å²) in [6.45, 7) is 8.35. The lowest BCUT2D eigenvalue weighted by molar-refractivity contribution is 0.0982. The molecule has 0 radical (unpaired) electrons. The van der Waals surface area contributed by atoms with Crippen LogP contribution in [0.25, 0.3) is 0 Å². The highest BCUT2D eigenvalue weighted by Crippen LogP contribution is 2.23. The molecular weight excluding hydrogens is 276 g/mol. The molecule has 0 fully saturated rings. The number of hydrogen-bond donors (Lipinski definition) is 2. The second-order valence-corrected chi connectivity index (χ2v) is 5.85. The van der Waals surface area contributed by atoms with Gasteiger partial charge in [0.25, 0.3) is 5.91 Å². The molecule has 1 aliphatic rings. The lowest BCUT2D eigenvalue weighted by Gasteiger charge is -2.22. The molecule has 0 bridgehead atoms. The van der Waals surface area contributed by atoms with E-state index in [9.17, 15) is 4.79 Å². The number of H-pyrrole nitrogens is 1. The summed E-state index contributed by atoms with van der Waals surface area (Å²) in [7, 11) is 0. The molecule has 0 aliphatic carbocycles. The summed E-state index contributed by atoms with van der Waals surface area (Å²) in [4.78, 5) is 14.7. The molecule has 1 amide bonds. The largest absolute Gasteiger partial charge is 0.312 e. The first-order valence-corrected chi connectivity index (χ1v) is 7.77. The van der Waals surface area contributed by atoms with E-state index in [4.69, 9.17) is 0 Å². The molecular formula is C17H22N4O. The van der Waals surface area contributed by atoms with Gasteiger partial charge in [0.2, 0.25) is 0 Å². The third-order valence-electron chi connectivity index (χ3n) is 4.09. The number of aryl methyl sites for hydroxylation is 2. The Morgan fingerprint density at radius 3 is 2.68 bits per heavy atom. The highest BCUT2D eigenvalue weighted by atomic mass is 16.2. The first-order valence-electron chi connectivity index (χ1n) is 7.77. The van der Waals surface area contributed by atoms with Gasteiger partial charge in [-0.1, -0.05) is 6.07 Å². The average Bonchev–Trinajstić information content (AvgIpc) is 2.90. The molecule has 2 heterocycles. The lowest BCUT2D eigenvalue weighted by atomic mass is 10.1. The van der Waals surface area contributed by atoms with Crippen LogP contribution in [0.2, 0.25) is 0 Å². The number of hydrogen-bond acceptors (Lipinski definition) is 3. The molecule has 0 saturated carbocycles. The minimum Gasteiger partial charge on any atom is -0.312 e. The van der Waals surface area contributed by atoms with Gasteiger partial charge in [0.05, 0.1) is 0 Å². The maximum absolute atomic E-state index is 12.9. The molecule has 0 spiro atoms. The van der Waals surface area contributed by atoms with E-state index in [1.807, 2.05) is 19.1 Å². The fourth-order valence-corrected chi connectivity index (χ4v) is 3.08.